The molecule has 1 amide bonds. The van der Waals surface area contributed by atoms with E-state index < -0.39 is 5.91 Å². The van der Waals surface area contributed by atoms with Crippen LogP contribution in [0.4, 0.5) is 11.5 Å². The molecule has 0 atom stereocenters. The number of anilines is 2. The summed E-state index contributed by atoms with van der Waals surface area (Å²) >= 11 is 0. The zero-order valence-electron chi connectivity index (χ0n) is 9.23. The smallest absolute Gasteiger partial charge is 0.267 e. The lowest BCUT2D eigenvalue weighted by atomic mass is 9.82. The molecule has 0 aliphatic heterocycles. The molecule has 5 nitrogen and oxygen atoms in total. The second kappa shape index (κ2) is 4.00. The summed E-state index contributed by atoms with van der Waals surface area (Å²) in [6.45, 7) is 2.20. The third kappa shape index (κ3) is 2.08. The van der Waals surface area contributed by atoms with Crippen LogP contribution in [-0.4, -0.2) is 16.9 Å². The van der Waals surface area contributed by atoms with Gasteiger partial charge in [0, 0.05) is 6.04 Å². The minimum absolute atomic E-state index is 0.240. The topological polar surface area (TPSA) is 94.0 Å². The van der Waals surface area contributed by atoms with E-state index in [1.165, 1.54) is 6.07 Å². The van der Waals surface area contributed by atoms with E-state index in [2.05, 4.69) is 17.2 Å². The third-order valence-corrected chi connectivity index (χ3v) is 2.89. The van der Waals surface area contributed by atoms with E-state index in [-0.39, 0.29) is 5.69 Å². The van der Waals surface area contributed by atoms with E-state index in [4.69, 9.17) is 11.5 Å². The molecule has 5 N–H and O–H groups in total. The number of carbonyl (C=O) groups is 1. The first kappa shape index (κ1) is 10.7. The van der Waals surface area contributed by atoms with Crippen LogP contribution in [0, 0.1) is 5.92 Å². The molecule has 2 rings (SSSR count). The molecule has 0 unspecified atom stereocenters. The van der Waals surface area contributed by atoms with Crippen molar-refractivity contribution in [2.45, 2.75) is 25.8 Å². The van der Waals surface area contributed by atoms with Crippen LogP contribution in [0.2, 0.25) is 0 Å². The molecule has 16 heavy (non-hydrogen) atoms. The van der Waals surface area contributed by atoms with Crippen molar-refractivity contribution in [3.05, 3.63) is 17.8 Å². The van der Waals surface area contributed by atoms with Gasteiger partial charge in [0.2, 0.25) is 0 Å². The van der Waals surface area contributed by atoms with Crippen molar-refractivity contribution in [2.75, 3.05) is 11.1 Å². The monoisotopic (exact) mass is 220 g/mol. The van der Waals surface area contributed by atoms with Gasteiger partial charge in [-0.25, -0.2) is 4.98 Å². The second-order valence-electron chi connectivity index (χ2n) is 4.42. The quantitative estimate of drug-likeness (QED) is 0.707. The van der Waals surface area contributed by atoms with Crippen LogP contribution in [0.1, 0.15) is 30.3 Å². The van der Waals surface area contributed by atoms with Gasteiger partial charge in [0.25, 0.3) is 5.91 Å². The van der Waals surface area contributed by atoms with Gasteiger partial charge in [0.15, 0.2) is 0 Å². The third-order valence-electron chi connectivity index (χ3n) is 2.89. The SMILES string of the molecule is CC1CC(Nc2nc(C(N)=O)ccc2N)C1. The normalized spacial score (nSPS) is 23.6. The van der Waals surface area contributed by atoms with Crippen molar-refractivity contribution in [3.63, 3.8) is 0 Å². The fourth-order valence-corrected chi connectivity index (χ4v) is 1.94. The average Bonchev–Trinajstić information content (AvgIpc) is 2.18. The molecule has 0 bridgehead atoms. The Morgan fingerprint density at radius 1 is 1.50 bits per heavy atom. The summed E-state index contributed by atoms with van der Waals surface area (Å²) in [5.74, 6) is 0.774. The fourth-order valence-electron chi connectivity index (χ4n) is 1.94. The average molecular weight is 220 g/mol. The molecule has 1 aliphatic rings. The largest absolute Gasteiger partial charge is 0.396 e. The summed E-state index contributed by atoms with van der Waals surface area (Å²) < 4.78 is 0. The van der Waals surface area contributed by atoms with Crippen LogP contribution in [0.25, 0.3) is 0 Å². The van der Waals surface area contributed by atoms with Crippen molar-refractivity contribution in [1.29, 1.82) is 0 Å². The summed E-state index contributed by atoms with van der Waals surface area (Å²) in [4.78, 5) is 15.1. The number of rotatable bonds is 3. The Kier molecular flexibility index (Phi) is 2.68. The lowest BCUT2D eigenvalue weighted by Gasteiger charge is -2.33. The molecular formula is C11H16N4O. The van der Waals surface area contributed by atoms with Gasteiger partial charge in [-0.1, -0.05) is 6.92 Å². The lowest BCUT2D eigenvalue weighted by molar-refractivity contribution is 0.0995. The van der Waals surface area contributed by atoms with Crippen molar-refractivity contribution < 1.29 is 4.79 Å². The molecule has 0 radical (unpaired) electrons. The van der Waals surface area contributed by atoms with Crippen LogP contribution in [0.3, 0.4) is 0 Å². The molecule has 1 aliphatic carbocycles. The minimum atomic E-state index is -0.537. The number of nitrogens with zero attached hydrogens (tertiary/aromatic N) is 1. The van der Waals surface area contributed by atoms with Crippen LogP contribution < -0.4 is 16.8 Å². The first-order valence-corrected chi connectivity index (χ1v) is 5.39. The van der Waals surface area contributed by atoms with Crippen molar-refractivity contribution in [2.24, 2.45) is 11.7 Å². The number of aromatic nitrogens is 1. The highest BCUT2D eigenvalue weighted by molar-refractivity contribution is 5.91. The lowest BCUT2D eigenvalue weighted by Crippen LogP contribution is -2.34. The molecular weight excluding hydrogens is 204 g/mol. The van der Waals surface area contributed by atoms with E-state index in [9.17, 15) is 4.79 Å². The van der Waals surface area contributed by atoms with Gasteiger partial charge in [-0.05, 0) is 30.9 Å². The summed E-state index contributed by atoms with van der Waals surface area (Å²) in [7, 11) is 0. The zero-order chi connectivity index (χ0) is 11.7. The number of primary amides is 1. The van der Waals surface area contributed by atoms with E-state index in [0.717, 1.165) is 18.8 Å². The molecule has 1 fully saturated rings. The summed E-state index contributed by atoms with van der Waals surface area (Å²) in [6.07, 6.45) is 2.23. The van der Waals surface area contributed by atoms with E-state index in [1.807, 2.05) is 0 Å². The fraction of sp³-hybridized carbons (Fsp3) is 0.455. The van der Waals surface area contributed by atoms with Crippen LogP contribution in [-0.2, 0) is 0 Å². The first-order valence-electron chi connectivity index (χ1n) is 5.39. The Morgan fingerprint density at radius 3 is 2.75 bits per heavy atom. The number of nitrogen functional groups attached to an aromatic ring is 1. The van der Waals surface area contributed by atoms with Crippen LogP contribution >= 0.6 is 0 Å². The molecule has 1 aromatic heterocycles. The standard InChI is InChI=1S/C11H16N4O/c1-6-4-7(5-6)14-11-8(12)2-3-9(15-11)10(13)16/h2-3,6-7H,4-5,12H2,1H3,(H2,13,16)(H,14,15). The Balaban J connectivity index is 2.12. The number of pyridine rings is 1. The Labute approximate surface area is 94.2 Å². The predicted octanol–water partition coefficient (Wildman–Crippen LogP) is 0.973. The van der Waals surface area contributed by atoms with Gasteiger partial charge in [-0.15, -0.1) is 0 Å². The number of nitrogens with one attached hydrogen (secondary N) is 1. The van der Waals surface area contributed by atoms with E-state index in [0.29, 0.717) is 17.5 Å². The van der Waals surface area contributed by atoms with Crippen molar-refractivity contribution >= 4 is 17.4 Å². The number of hydrogen-bond acceptors (Lipinski definition) is 4. The van der Waals surface area contributed by atoms with Crippen LogP contribution in [0.15, 0.2) is 12.1 Å². The van der Waals surface area contributed by atoms with E-state index >= 15 is 0 Å². The number of nitrogens with two attached hydrogens (primary N) is 2. The predicted molar refractivity (Wildman–Crippen MR) is 63.0 cm³/mol. The summed E-state index contributed by atoms with van der Waals surface area (Å²) in [6, 6.07) is 3.59. The Morgan fingerprint density at radius 2 is 2.19 bits per heavy atom. The molecule has 86 valence electrons. The molecule has 0 spiro atoms. The maximum Gasteiger partial charge on any atom is 0.267 e. The highest BCUT2D eigenvalue weighted by Gasteiger charge is 2.25. The minimum Gasteiger partial charge on any atom is -0.396 e. The van der Waals surface area contributed by atoms with E-state index in [1.54, 1.807) is 6.07 Å². The molecule has 5 heteroatoms. The van der Waals surface area contributed by atoms with Gasteiger partial charge >= 0.3 is 0 Å². The maximum atomic E-state index is 11.0. The van der Waals surface area contributed by atoms with Crippen molar-refractivity contribution in [1.82, 2.24) is 4.98 Å². The maximum absolute atomic E-state index is 11.0. The molecule has 1 heterocycles. The number of amides is 1. The van der Waals surface area contributed by atoms with Crippen LogP contribution in [0.5, 0.6) is 0 Å². The van der Waals surface area contributed by atoms with Gasteiger partial charge < -0.3 is 16.8 Å². The second-order valence-corrected chi connectivity index (χ2v) is 4.42. The van der Waals surface area contributed by atoms with Gasteiger partial charge in [-0.2, -0.15) is 0 Å². The number of carbonyl (C=O) groups excluding carboxylic acids is 1. The Hall–Kier alpha value is -1.78. The van der Waals surface area contributed by atoms with Crippen molar-refractivity contribution in [3.8, 4) is 0 Å². The molecule has 1 aromatic rings. The Bertz CT molecular complexity index is 412. The van der Waals surface area contributed by atoms with Gasteiger partial charge in [0.05, 0.1) is 5.69 Å². The zero-order valence-corrected chi connectivity index (χ0v) is 9.23. The number of hydrogen-bond donors (Lipinski definition) is 3. The first-order chi connectivity index (χ1) is 7.56. The molecule has 1 saturated carbocycles. The highest BCUT2D eigenvalue weighted by atomic mass is 16.1. The molecule has 0 saturated heterocycles. The summed E-state index contributed by atoms with van der Waals surface area (Å²) in [5, 5.41) is 3.23. The van der Waals surface area contributed by atoms with Gasteiger partial charge in [0.1, 0.15) is 11.5 Å². The molecule has 0 aromatic carbocycles. The van der Waals surface area contributed by atoms with Gasteiger partial charge in [-0.3, -0.25) is 4.79 Å². The summed E-state index contributed by atoms with van der Waals surface area (Å²) in [5.41, 5.74) is 11.7. The highest BCUT2D eigenvalue weighted by Crippen LogP contribution is 2.30.